The van der Waals surface area contributed by atoms with Gasteiger partial charge in [-0.3, -0.25) is 4.79 Å². The van der Waals surface area contributed by atoms with Crippen molar-refractivity contribution in [2.24, 2.45) is 10.2 Å². The van der Waals surface area contributed by atoms with Gasteiger partial charge in [-0.2, -0.15) is 0 Å². The lowest BCUT2D eigenvalue weighted by atomic mass is 10.1. The van der Waals surface area contributed by atoms with Crippen LogP contribution in [0.3, 0.4) is 0 Å². The van der Waals surface area contributed by atoms with E-state index in [-0.39, 0.29) is 11.6 Å². The maximum Gasteiger partial charge on any atom is 0.297 e. The van der Waals surface area contributed by atoms with Gasteiger partial charge in [0.15, 0.2) is 11.8 Å². The smallest absolute Gasteiger partial charge is 0.297 e. The Bertz CT molecular complexity index is 967. The summed E-state index contributed by atoms with van der Waals surface area (Å²) in [5.74, 6) is -0.840. The summed E-state index contributed by atoms with van der Waals surface area (Å²) < 4.78 is 2.56. The van der Waals surface area contributed by atoms with Crippen LogP contribution in [0.4, 0.5) is 5.69 Å². The van der Waals surface area contributed by atoms with Crippen LogP contribution in [-0.2, 0) is 11.3 Å². The van der Waals surface area contributed by atoms with Gasteiger partial charge in [-0.15, -0.1) is 10.2 Å². The molecular weight excluding hydrogens is 398 g/mol. The van der Waals surface area contributed by atoms with E-state index in [1.165, 1.54) is 0 Å². The summed E-state index contributed by atoms with van der Waals surface area (Å²) in [4.78, 5) is 12.2. The molecule has 0 aliphatic rings. The molecule has 3 rings (SSSR count). The lowest BCUT2D eigenvalue weighted by molar-refractivity contribution is -0.126. The molecule has 0 bridgehead atoms. The van der Waals surface area contributed by atoms with Gasteiger partial charge in [0.05, 0.1) is 5.52 Å². The first-order chi connectivity index (χ1) is 12.5. The minimum absolute atomic E-state index is 0.0503. The predicted octanol–water partition coefficient (Wildman–Crippen LogP) is 4.86. The molecule has 1 aromatic heterocycles. The van der Waals surface area contributed by atoms with E-state index in [9.17, 15) is 15.0 Å². The van der Waals surface area contributed by atoms with Crippen molar-refractivity contribution in [3.63, 3.8) is 0 Å². The van der Waals surface area contributed by atoms with Crippen LogP contribution in [0.2, 0.25) is 0 Å². The molecule has 1 atom stereocenters. The van der Waals surface area contributed by atoms with E-state index in [1.54, 1.807) is 34.9 Å². The van der Waals surface area contributed by atoms with Gasteiger partial charge >= 0.3 is 0 Å². The first kappa shape index (κ1) is 18.3. The molecule has 3 aromatic rings. The number of carbonyl (C=O) groups excluding carboxylic acids is 1. The van der Waals surface area contributed by atoms with E-state index in [0.717, 1.165) is 16.4 Å². The van der Waals surface area contributed by atoms with Crippen LogP contribution in [0.5, 0.6) is 5.88 Å². The minimum Gasteiger partial charge on any atom is -0.493 e. The van der Waals surface area contributed by atoms with E-state index in [1.807, 2.05) is 25.1 Å². The second-order valence-corrected chi connectivity index (χ2v) is 6.75. The van der Waals surface area contributed by atoms with Gasteiger partial charge in [0, 0.05) is 16.4 Å². The number of benzene rings is 2. The van der Waals surface area contributed by atoms with E-state index in [4.69, 9.17) is 0 Å². The number of fused-ring (bicyclic) bond motifs is 1. The zero-order valence-electron chi connectivity index (χ0n) is 14.1. The third-order valence-electron chi connectivity index (χ3n) is 4.02. The average Bonchev–Trinajstić information content (AvgIpc) is 2.91. The van der Waals surface area contributed by atoms with Crippen LogP contribution in [-0.4, -0.2) is 20.7 Å². The molecule has 0 saturated carbocycles. The average molecular weight is 416 g/mol. The Kier molecular flexibility index (Phi) is 5.49. The number of azo groups is 1. The Labute approximate surface area is 158 Å². The van der Waals surface area contributed by atoms with Crippen molar-refractivity contribution in [3.8, 4) is 5.88 Å². The van der Waals surface area contributed by atoms with Crippen molar-refractivity contribution in [2.45, 2.75) is 26.0 Å². The molecule has 0 fully saturated rings. The summed E-state index contributed by atoms with van der Waals surface area (Å²) in [6, 6.07) is 14.1. The SMILES string of the molecule is CCCn1c(O)c(N=NC(=O)[C@H](O)c2ccccc2)c2cc(Br)ccc21. The standard InChI is InChI=1S/C19H18BrN3O3/c1-2-10-23-15-9-8-13(20)11-14(15)16(19(23)26)21-22-18(25)17(24)12-6-4-3-5-7-12/h3-9,11,17,24,26H,2,10H2,1H3/t17-/m1/s1. The highest BCUT2D eigenvalue weighted by molar-refractivity contribution is 9.10. The highest BCUT2D eigenvalue weighted by atomic mass is 79.9. The van der Waals surface area contributed by atoms with Gasteiger partial charge in [-0.1, -0.05) is 53.2 Å². The van der Waals surface area contributed by atoms with Crippen molar-refractivity contribution >= 4 is 38.4 Å². The Morgan fingerprint density at radius 1 is 1.23 bits per heavy atom. The van der Waals surface area contributed by atoms with E-state index in [0.29, 0.717) is 17.5 Å². The molecule has 0 spiro atoms. The van der Waals surface area contributed by atoms with Gasteiger partial charge < -0.3 is 14.8 Å². The summed E-state index contributed by atoms with van der Waals surface area (Å²) in [6.07, 6.45) is -0.562. The fourth-order valence-corrected chi connectivity index (χ4v) is 3.14. The Morgan fingerprint density at radius 2 is 1.96 bits per heavy atom. The molecule has 6 nitrogen and oxygen atoms in total. The van der Waals surface area contributed by atoms with E-state index < -0.39 is 12.0 Å². The molecule has 7 heteroatoms. The molecule has 0 aliphatic carbocycles. The quantitative estimate of drug-likeness (QED) is 0.582. The van der Waals surface area contributed by atoms with Crippen LogP contribution in [0.25, 0.3) is 10.9 Å². The van der Waals surface area contributed by atoms with Gasteiger partial charge in [0.25, 0.3) is 5.91 Å². The van der Waals surface area contributed by atoms with Crippen LogP contribution < -0.4 is 0 Å². The molecular formula is C19H18BrN3O3. The molecule has 26 heavy (non-hydrogen) atoms. The summed E-state index contributed by atoms with van der Waals surface area (Å²) in [5, 5.41) is 28.9. The maximum atomic E-state index is 12.2. The monoisotopic (exact) mass is 415 g/mol. The molecule has 2 N–H and O–H groups in total. The first-order valence-corrected chi connectivity index (χ1v) is 9.01. The number of hydrogen-bond donors (Lipinski definition) is 2. The van der Waals surface area contributed by atoms with Crippen molar-refractivity contribution < 1.29 is 15.0 Å². The highest BCUT2D eigenvalue weighted by Crippen LogP contribution is 2.40. The molecule has 1 amide bonds. The molecule has 1 heterocycles. The summed E-state index contributed by atoms with van der Waals surface area (Å²) in [6.45, 7) is 2.62. The number of halogens is 1. The van der Waals surface area contributed by atoms with Crippen LogP contribution in [0.1, 0.15) is 25.0 Å². The Morgan fingerprint density at radius 3 is 2.65 bits per heavy atom. The fraction of sp³-hybridized carbons (Fsp3) is 0.211. The molecule has 0 aliphatic heterocycles. The van der Waals surface area contributed by atoms with Crippen LogP contribution >= 0.6 is 15.9 Å². The van der Waals surface area contributed by atoms with Gasteiger partial charge in [0.1, 0.15) is 0 Å². The number of aromatic hydroxyl groups is 1. The number of amides is 1. The number of hydrogen-bond acceptors (Lipinski definition) is 4. The number of aliphatic hydroxyl groups is 1. The minimum atomic E-state index is -1.39. The van der Waals surface area contributed by atoms with Crippen LogP contribution in [0, 0.1) is 0 Å². The third kappa shape index (κ3) is 3.54. The van der Waals surface area contributed by atoms with Crippen molar-refractivity contribution in [2.75, 3.05) is 0 Å². The number of aromatic nitrogens is 1. The summed E-state index contributed by atoms with van der Waals surface area (Å²) in [7, 11) is 0. The summed E-state index contributed by atoms with van der Waals surface area (Å²) >= 11 is 3.40. The first-order valence-electron chi connectivity index (χ1n) is 8.22. The highest BCUT2D eigenvalue weighted by Gasteiger charge is 2.19. The molecule has 0 radical (unpaired) electrons. The molecule has 134 valence electrons. The van der Waals surface area contributed by atoms with Gasteiger partial charge in [0.2, 0.25) is 5.88 Å². The predicted molar refractivity (Wildman–Crippen MR) is 103 cm³/mol. The maximum absolute atomic E-state index is 12.2. The number of rotatable bonds is 5. The van der Waals surface area contributed by atoms with E-state index >= 15 is 0 Å². The topological polar surface area (TPSA) is 87.2 Å². The summed E-state index contributed by atoms with van der Waals surface area (Å²) in [5.41, 5.74) is 1.46. The molecule has 0 saturated heterocycles. The second kappa shape index (κ2) is 7.80. The molecule has 0 unspecified atom stereocenters. The zero-order chi connectivity index (χ0) is 18.7. The molecule has 2 aromatic carbocycles. The zero-order valence-corrected chi connectivity index (χ0v) is 15.7. The van der Waals surface area contributed by atoms with Crippen molar-refractivity contribution in [1.82, 2.24) is 4.57 Å². The largest absolute Gasteiger partial charge is 0.493 e. The number of carbonyl (C=O) groups is 1. The number of nitrogens with zero attached hydrogens (tertiary/aromatic N) is 3. The Balaban J connectivity index is 1.97. The number of aliphatic hydroxyl groups excluding tert-OH is 1. The Hall–Kier alpha value is -2.51. The van der Waals surface area contributed by atoms with Gasteiger partial charge in [-0.05, 0) is 30.2 Å². The second-order valence-electron chi connectivity index (χ2n) is 5.84. The lowest BCUT2D eigenvalue weighted by Gasteiger charge is -2.05. The van der Waals surface area contributed by atoms with E-state index in [2.05, 4.69) is 26.2 Å². The van der Waals surface area contributed by atoms with Gasteiger partial charge in [-0.25, -0.2) is 0 Å². The van der Waals surface area contributed by atoms with Crippen LogP contribution in [0.15, 0.2) is 63.2 Å². The third-order valence-corrected chi connectivity index (χ3v) is 4.51. The number of aryl methyl sites for hydroxylation is 1. The van der Waals surface area contributed by atoms with Crippen molar-refractivity contribution in [1.29, 1.82) is 0 Å². The normalized spacial score (nSPS) is 12.7. The lowest BCUT2D eigenvalue weighted by Crippen LogP contribution is -2.08. The fourth-order valence-electron chi connectivity index (χ4n) is 2.78. The van der Waals surface area contributed by atoms with Crippen molar-refractivity contribution in [3.05, 3.63) is 58.6 Å².